The molecule has 0 heterocycles. The lowest BCUT2D eigenvalue weighted by Crippen LogP contribution is -2.29. The summed E-state index contributed by atoms with van der Waals surface area (Å²) in [6, 6.07) is 0. The molecular weight excluding hydrogens is 248 g/mol. The van der Waals surface area contributed by atoms with Crippen molar-refractivity contribution in [1.29, 1.82) is 0 Å². The predicted molar refractivity (Wildman–Crippen MR) is 82.3 cm³/mol. The molecule has 5 atom stereocenters. The molecule has 20 heavy (non-hydrogen) atoms. The Kier molecular flexibility index (Phi) is 4.73. The van der Waals surface area contributed by atoms with Gasteiger partial charge in [-0.25, -0.2) is 0 Å². The van der Waals surface area contributed by atoms with E-state index in [1.54, 1.807) is 0 Å². The summed E-state index contributed by atoms with van der Waals surface area (Å²) in [5, 5.41) is 9.99. The minimum Gasteiger partial charge on any atom is -0.390 e. The van der Waals surface area contributed by atoms with Crippen molar-refractivity contribution < 1.29 is 9.90 Å². The van der Waals surface area contributed by atoms with Crippen LogP contribution in [0.1, 0.15) is 59.8 Å². The molecule has 0 aliphatic heterocycles. The Bertz CT molecular complexity index is 377. The van der Waals surface area contributed by atoms with Crippen molar-refractivity contribution >= 4 is 5.78 Å². The van der Waals surface area contributed by atoms with Crippen LogP contribution < -0.4 is 0 Å². The molecule has 1 unspecified atom stereocenters. The number of allylic oxidation sites excluding steroid dienone is 1. The summed E-state index contributed by atoms with van der Waals surface area (Å²) in [7, 11) is 0. The van der Waals surface area contributed by atoms with Crippen LogP contribution in [0.25, 0.3) is 0 Å². The maximum Gasteiger partial charge on any atom is 0.136 e. The molecule has 0 aromatic rings. The number of ketones is 1. The average molecular weight is 278 g/mol. The first-order chi connectivity index (χ1) is 9.30. The number of carbonyl (C=O) groups is 1. The quantitative estimate of drug-likeness (QED) is 0.790. The lowest BCUT2D eigenvalue weighted by molar-refractivity contribution is -0.126. The van der Waals surface area contributed by atoms with Crippen molar-refractivity contribution in [3.05, 3.63) is 12.2 Å². The van der Waals surface area contributed by atoms with Gasteiger partial charge in [0.1, 0.15) is 5.78 Å². The van der Waals surface area contributed by atoms with Gasteiger partial charge >= 0.3 is 0 Å². The Morgan fingerprint density at radius 1 is 1.20 bits per heavy atom. The first-order valence-corrected chi connectivity index (χ1v) is 8.24. The van der Waals surface area contributed by atoms with E-state index in [1.165, 1.54) is 12.8 Å². The van der Waals surface area contributed by atoms with Crippen LogP contribution in [0.3, 0.4) is 0 Å². The summed E-state index contributed by atoms with van der Waals surface area (Å²) in [6.07, 6.45) is 9.87. The van der Waals surface area contributed by atoms with Crippen LogP contribution in [0, 0.1) is 29.6 Å². The minimum absolute atomic E-state index is 0.162. The number of hydrogen-bond donors (Lipinski definition) is 1. The van der Waals surface area contributed by atoms with Gasteiger partial charge in [-0.3, -0.25) is 4.79 Å². The van der Waals surface area contributed by atoms with Crippen molar-refractivity contribution in [2.24, 2.45) is 29.6 Å². The number of rotatable bonds is 4. The van der Waals surface area contributed by atoms with Crippen molar-refractivity contribution in [2.45, 2.75) is 65.4 Å². The standard InChI is InChI=1S/C18H30O2/c1-12(8-9-13(2)18(3,4)20)14-10-11-16-15(14)6-5-7-17(16)19/h8-9,12-16,20H,5-7,10-11H2,1-4H3/b9-8+/t12-,13+,14?,15+,16+/m0/s1. The molecule has 2 aliphatic rings. The topological polar surface area (TPSA) is 37.3 Å². The Morgan fingerprint density at radius 2 is 1.90 bits per heavy atom. The molecule has 0 amide bonds. The van der Waals surface area contributed by atoms with E-state index in [9.17, 15) is 9.90 Å². The Labute approximate surface area is 123 Å². The van der Waals surface area contributed by atoms with Gasteiger partial charge in [0.25, 0.3) is 0 Å². The fourth-order valence-corrected chi connectivity index (χ4v) is 3.98. The highest BCUT2D eigenvalue weighted by molar-refractivity contribution is 5.82. The Hall–Kier alpha value is -0.630. The fraction of sp³-hybridized carbons (Fsp3) is 0.833. The van der Waals surface area contributed by atoms with Gasteiger partial charge in [0.15, 0.2) is 0 Å². The summed E-state index contributed by atoms with van der Waals surface area (Å²) < 4.78 is 0. The highest BCUT2D eigenvalue weighted by Gasteiger charge is 2.43. The van der Waals surface area contributed by atoms with Crippen LogP contribution in [0.15, 0.2) is 12.2 Å². The highest BCUT2D eigenvalue weighted by Crippen LogP contribution is 2.47. The second-order valence-electron chi connectivity index (χ2n) is 7.56. The molecule has 0 saturated heterocycles. The molecule has 1 N–H and O–H groups in total. The maximum atomic E-state index is 12.0. The van der Waals surface area contributed by atoms with Crippen molar-refractivity contribution in [2.75, 3.05) is 0 Å². The van der Waals surface area contributed by atoms with Gasteiger partial charge in [-0.1, -0.05) is 26.0 Å². The van der Waals surface area contributed by atoms with Gasteiger partial charge in [0.05, 0.1) is 5.60 Å². The second kappa shape index (κ2) is 6.01. The van der Waals surface area contributed by atoms with Crippen molar-refractivity contribution in [3.63, 3.8) is 0 Å². The van der Waals surface area contributed by atoms with E-state index in [0.29, 0.717) is 29.5 Å². The zero-order valence-electron chi connectivity index (χ0n) is 13.4. The summed E-state index contributed by atoms with van der Waals surface area (Å²) in [6.45, 7) is 8.06. The SMILES string of the molecule is C[C@H](/C=C/[C@H](C)C1CC[C@H]2C(=O)CCC[C@H]12)C(C)(C)O. The lowest BCUT2D eigenvalue weighted by atomic mass is 9.73. The third-order valence-corrected chi connectivity index (χ3v) is 5.74. The third-order valence-electron chi connectivity index (χ3n) is 5.74. The summed E-state index contributed by atoms with van der Waals surface area (Å²) in [4.78, 5) is 12.0. The summed E-state index contributed by atoms with van der Waals surface area (Å²) in [5.74, 6) is 2.83. The number of carbonyl (C=O) groups excluding carboxylic acids is 1. The maximum absolute atomic E-state index is 12.0. The molecule has 0 bridgehead atoms. The molecule has 2 nitrogen and oxygen atoms in total. The number of fused-ring (bicyclic) bond motifs is 1. The van der Waals surface area contributed by atoms with Gasteiger partial charge in [-0.15, -0.1) is 0 Å². The number of aliphatic hydroxyl groups is 1. The summed E-state index contributed by atoms with van der Waals surface area (Å²) >= 11 is 0. The van der Waals surface area contributed by atoms with Gasteiger partial charge in [0, 0.05) is 18.3 Å². The second-order valence-corrected chi connectivity index (χ2v) is 7.56. The smallest absolute Gasteiger partial charge is 0.136 e. The van der Waals surface area contributed by atoms with Crippen LogP contribution in [0.4, 0.5) is 0 Å². The van der Waals surface area contributed by atoms with E-state index >= 15 is 0 Å². The third kappa shape index (κ3) is 3.33. The normalized spacial score (nSPS) is 34.2. The monoisotopic (exact) mass is 278 g/mol. The highest BCUT2D eigenvalue weighted by atomic mass is 16.3. The Balaban J connectivity index is 1.98. The molecule has 2 aliphatic carbocycles. The summed E-state index contributed by atoms with van der Waals surface area (Å²) in [5.41, 5.74) is -0.658. The van der Waals surface area contributed by atoms with Gasteiger partial charge in [0.2, 0.25) is 0 Å². The number of Topliss-reactive ketones (excluding diaryl/α,β-unsaturated/α-hetero) is 1. The van der Waals surface area contributed by atoms with Gasteiger partial charge in [-0.2, -0.15) is 0 Å². The first-order valence-electron chi connectivity index (χ1n) is 8.24. The molecule has 0 aromatic carbocycles. The first kappa shape index (κ1) is 15.8. The van der Waals surface area contributed by atoms with E-state index in [2.05, 4.69) is 26.0 Å². The van der Waals surface area contributed by atoms with E-state index < -0.39 is 5.60 Å². The van der Waals surface area contributed by atoms with Crippen LogP contribution in [0.2, 0.25) is 0 Å². The number of hydrogen-bond acceptors (Lipinski definition) is 2. The largest absolute Gasteiger partial charge is 0.390 e. The molecule has 0 aromatic heterocycles. The van der Waals surface area contributed by atoms with E-state index in [4.69, 9.17) is 0 Å². The van der Waals surface area contributed by atoms with Gasteiger partial charge < -0.3 is 5.11 Å². The molecular formula is C18H30O2. The van der Waals surface area contributed by atoms with Crippen LogP contribution in [-0.2, 0) is 4.79 Å². The van der Waals surface area contributed by atoms with Gasteiger partial charge in [-0.05, 0) is 57.3 Å². The molecule has 2 fully saturated rings. The van der Waals surface area contributed by atoms with Crippen LogP contribution >= 0.6 is 0 Å². The average Bonchev–Trinajstić information content (AvgIpc) is 2.79. The fourth-order valence-electron chi connectivity index (χ4n) is 3.98. The minimum atomic E-state index is -0.658. The molecule has 0 radical (unpaired) electrons. The zero-order chi connectivity index (χ0) is 14.9. The zero-order valence-corrected chi connectivity index (χ0v) is 13.4. The molecule has 2 heteroatoms. The van der Waals surface area contributed by atoms with E-state index in [0.717, 1.165) is 19.3 Å². The molecule has 0 spiro atoms. The molecule has 114 valence electrons. The van der Waals surface area contributed by atoms with Crippen molar-refractivity contribution in [3.8, 4) is 0 Å². The van der Waals surface area contributed by atoms with E-state index in [-0.39, 0.29) is 5.92 Å². The Morgan fingerprint density at radius 3 is 2.55 bits per heavy atom. The van der Waals surface area contributed by atoms with Crippen LogP contribution in [0.5, 0.6) is 0 Å². The predicted octanol–water partition coefficient (Wildman–Crippen LogP) is 3.98. The lowest BCUT2D eigenvalue weighted by Gasteiger charge is -2.31. The molecule has 2 rings (SSSR count). The molecule has 2 saturated carbocycles. The van der Waals surface area contributed by atoms with Crippen LogP contribution in [-0.4, -0.2) is 16.5 Å². The van der Waals surface area contributed by atoms with Crippen molar-refractivity contribution in [1.82, 2.24) is 0 Å². The van der Waals surface area contributed by atoms with E-state index in [1.807, 2.05) is 13.8 Å².